The van der Waals surface area contributed by atoms with Crippen LogP contribution in [0.1, 0.15) is 5.56 Å². The van der Waals surface area contributed by atoms with Crippen LogP contribution in [0.2, 0.25) is 0 Å². The fraction of sp³-hybridized carbons (Fsp3) is 0.500. The number of sulfonamides is 1. The van der Waals surface area contributed by atoms with E-state index < -0.39 is 10.0 Å². The lowest BCUT2D eigenvalue weighted by molar-refractivity contribution is 0.182. The Labute approximate surface area is 121 Å². The minimum absolute atomic E-state index is 0.265. The molecule has 0 atom stereocenters. The van der Waals surface area contributed by atoms with E-state index in [0.29, 0.717) is 32.7 Å². The van der Waals surface area contributed by atoms with Crippen molar-refractivity contribution in [2.75, 3.05) is 32.4 Å². The number of benzene rings is 1. The molecule has 1 aromatic carbocycles. The van der Waals surface area contributed by atoms with E-state index in [1.54, 1.807) is 0 Å². The fourth-order valence-electron chi connectivity index (χ4n) is 2.18. The minimum atomic E-state index is -3.10. The molecule has 0 radical (unpaired) electrons. The number of nitrogens with zero attached hydrogens (tertiary/aromatic N) is 2. The third-order valence-corrected chi connectivity index (χ3v) is 4.89. The zero-order chi connectivity index (χ0) is 14.0. The van der Waals surface area contributed by atoms with Crippen molar-refractivity contribution in [3.63, 3.8) is 0 Å². The summed E-state index contributed by atoms with van der Waals surface area (Å²) < 4.78 is 38.2. The van der Waals surface area contributed by atoms with Crippen molar-refractivity contribution in [1.29, 1.82) is 0 Å². The second-order valence-electron chi connectivity index (χ2n) is 4.72. The molecule has 0 bridgehead atoms. The van der Waals surface area contributed by atoms with E-state index in [2.05, 4.69) is 20.8 Å². The Morgan fingerprint density at radius 3 is 2.37 bits per heavy atom. The highest BCUT2D eigenvalue weighted by Gasteiger charge is 2.23. The van der Waals surface area contributed by atoms with Crippen LogP contribution >= 0.6 is 15.9 Å². The summed E-state index contributed by atoms with van der Waals surface area (Å²) in [6, 6.07) is 4.81. The molecule has 0 aliphatic carbocycles. The quantitative estimate of drug-likeness (QED) is 0.832. The lowest BCUT2D eigenvalue weighted by Crippen LogP contribution is -2.47. The summed E-state index contributed by atoms with van der Waals surface area (Å²) in [6.07, 6.45) is 1.23. The summed E-state index contributed by atoms with van der Waals surface area (Å²) in [5.41, 5.74) is 0.889. The normalized spacial score (nSPS) is 18.7. The highest BCUT2D eigenvalue weighted by atomic mass is 79.9. The molecule has 0 spiro atoms. The van der Waals surface area contributed by atoms with E-state index in [1.807, 2.05) is 6.07 Å². The van der Waals surface area contributed by atoms with E-state index in [9.17, 15) is 12.8 Å². The van der Waals surface area contributed by atoms with Gasteiger partial charge in [0.05, 0.1) is 6.26 Å². The molecule has 4 nitrogen and oxygen atoms in total. The van der Waals surface area contributed by atoms with E-state index in [0.717, 1.165) is 10.0 Å². The van der Waals surface area contributed by atoms with Crippen LogP contribution in [-0.2, 0) is 16.6 Å². The molecule has 0 saturated carbocycles. The summed E-state index contributed by atoms with van der Waals surface area (Å²) >= 11 is 3.27. The van der Waals surface area contributed by atoms with Gasteiger partial charge in [-0.3, -0.25) is 4.90 Å². The van der Waals surface area contributed by atoms with Crippen LogP contribution in [0.4, 0.5) is 4.39 Å². The molecular formula is C12H16BrFN2O2S. The summed E-state index contributed by atoms with van der Waals surface area (Å²) in [6.45, 7) is 2.96. The van der Waals surface area contributed by atoms with Gasteiger partial charge in [-0.15, -0.1) is 0 Å². The molecule has 0 N–H and O–H groups in total. The van der Waals surface area contributed by atoms with Crippen molar-refractivity contribution in [3.8, 4) is 0 Å². The van der Waals surface area contributed by atoms with Gasteiger partial charge in [0.15, 0.2) is 0 Å². The van der Waals surface area contributed by atoms with Gasteiger partial charge in [-0.2, -0.15) is 4.31 Å². The molecule has 19 heavy (non-hydrogen) atoms. The maximum atomic E-state index is 13.3. The van der Waals surface area contributed by atoms with Crippen molar-refractivity contribution in [3.05, 3.63) is 34.1 Å². The fourth-order valence-corrected chi connectivity index (χ4v) is 3.52. The zero-order valence-corrected chi connectivity index (χ0v) is 13.0. The molecule has 1 aliphatic heterocycles. The van der Waals surface area contributed by atoms with E-state index in [1.165, 1.54) is 22.7 Å². The predicted molar refractivity (Wildman–Crippen MR) is 75.8 cm³/mol. The van der Waals surface area contributed by atoms with Gasteiger partial charge in [0, 0.05) is 37.2 Å². The largest absolute Gasteiger partial charge is 0.296 e. The molecule has 0 aromatic heterocycles. The van der Waals surface area contributed by atoms with Crippen molar-refractivity contribution < 1.29 is 12.8 Å². The van der Waals surface area contributed by atoms with Crippen molar-refractivity contribution in [2.24, 2.45) is 0 Å². The summed E-state index contributed by atoms with van der Waals surface area (Å²) in [4.78, 5) is 2.13. The first kappa shape index (κ1) is 14.9. The van der Waals surface area contributed by atoms with E-state index in [4.69, 9.17) is 0 Å². The van der Waals surface area contributed by atoms with Gasteiger partial charge in [0.1, 0.15) is 5.82 Å². The number of piperazine rings is 1. The first-order chi connectivity index (χ1) is 8.84. The van der Waals surface area contributed by atoms with Crippen LogP contribution in [0.3, 0.4) is 0 Å². The number of hydrogen-bond donors (Lipinski definition) is 0. The Morgan fingerprint density at radius 1 is 1.21 bits per heavy atom. The molecule has 106 valence electrons. The number of halogens is 2. The molecule has 1 saturated heterocycles. The highest BCUT2D eigenvalue weighted by molar-refractivity contribution is 9.10. The minimum Gasteiger partial charge on any atom is -0.296 e. The Balaban J connectivity index is 1.96. The average Bonchev–Trinajstić information content (AvgIpc) is 2.26. The average molecular weight is 351 g/mol. The lowest BCUT2D eigenvalue weighted by Gasteiger charge is -2.33. The van der Waals surface area contributed by atoms with E-state index >= 15 is 0 Å². The van der Waals surface area contributed by atoms with Gasteiger partial charge >= 0.3 is 0 Å². The molecule has 0 amide bonds. The topological polar surface area (TPSA) is 40.6 Å². The summed E-state index contributed by atoms with van der Waals surface area (Å²) in [7, 11) is -3.10. The van der Waals surface area contributed by atoms with Crippen molar-refractivity contribution in [2.45, 2.75) is 6.54 Å². The summed E-state index contributed by atoms with van der Waals surface area (Å²) in [5, 5.41) is 0. The van der Waals surface area contributed by atoms with Crippen LogP contribution in [-0.4, -0.2) is 50.1 Å². The lowest BCUT2D eigenvalue weighted by atomic mass is 10.2. The standard InChI is InChI=1S/C12H16BrFN2O2S/c1-19(17,18)16-4-2-15(3-5-16)9-10-6-11(13)8-12(14)7-10/h6-8H,2-5,9H2,1H3. The molecule has 1 heterocycles. The van der Waals surface area contributed by atoms with Crippen LogP contribution in [0, 0.1) is 5.82 Å². The van der Waals surface area contributed by atoms with Gasteiger partial charge in [-0.1, -0.05) is 15.9 Å². The molecule has 7 heteroatoms. The summed E-state index contributed by atoms with van der Waals surface area (Å²) in [5.74, 6) is -0.265. The molecule has 1 aliphatic rings. The first-order valence-corrected chi connectivity index (χ1v) is 8.61. The molecule has 0 unspecified atom stereocenters. The maximum Gasteiger partial charge on any atom is 0.211 e. The third kappa shape index (κ3) is 4.24. The molecule has 1 aromatic rings. The maximum absolute atomic E-state index is 13.3. The van der Waals surface area contributed by atoms with Crippen LogP contribution in [0.15, 0.2) is 22.7 Å². The van der Waals surface area contributed by atoms with Crippen molar-refractivity contribution >= 4 is 26.0 Å². The number of hydrogen-bond acceptors (Lipinski definition) is 3. The van der Waals surface area contributed by atoms with Crippen LogP contribution in [0.25, 0.3) is 0 Å². The number of rotatable bonds is 3. The Kier molecular flexibility index (Phi) is 4.60. The van der Waals surface area contributed by atoms with E-state index in [-0.39, 0.29) is 5.82 Å². The van der Waals surface area contributed by atoms with Crippen LogP contribution < -0.4 is 0 Å². The smallest absolute Gasteiger partial charge is 0.211 e. The Morgan fingerprint density at radius 2 is 1.84 bits per heavy atom. The highest BCUT2D eigenvalue weighted by Crippen LogP contribution is 2.17. The van der Waals surface area contributed by atoms with Gasteiger partial charge in [-0.05, 0) is 23.8 Å². The van der Waals surface area contributed by atoms with Gasteiger partial charge < -0.3 is 0 Å². The second-order valence-corrected chi connectivity index (χ2v) is 7.61. The molecule has 2 rings (SSSR count). The zero-order valence-electron chi connectivity index (χ0n) is 10.6. The Bertz CT molecular complexity index is 537. The molecule has 1 fully saturated rings. The second kappa shape index (κ2) is 5.87. The Hall–Kier alpha value is -0.500. The van der Waals surface area contributed by atoms with Gasteiger partial charge in [-0.25, -0.2) is 12.8 Å². The van der Waals surface area contributed by atoms with Crippen LogP contribution in [0.5, 0.6) is 0 Å². The van der Waals surface area contributed by atoms with Gasteiger partial charge in [0.25, 0.3) is 0 Å². The predicted octanol–water partition coefficient (Wildman–Crippen LogP) is 1.67. The van der Waals surface area contributed by atoms with Gasteiger partial charge in [0.2, 0.25) is 10.0 Å². The monoisotopic (exact) mass is 350 g/mol. The molecular weight excluding hydrogens is 335 g/mol. The third-order valence-electron chi connectivity index (χ3n) is 3.13. The first-order valence-electron chi connectivity index (χ1n) is 5.97. The van der Waals surface area contributed by atoms with Crippen molar-refractivity contribution in [1.82, 2.24) is 9.21 Å². The SMILES string of the molecule is CS(=O)(=O)N1CCN(Cc2cc(F)cc(Br)c2)CC1.